The van der Waals surface area contributed by atoms with Crippen LogP contribution >= 0.6 is 0 Å². The summed E-state index contributed by atoms with van der Waals surface area (Å²) < 4.78 is 18.2. The van der Waals surface area contributed by atoms with Gasteiger partial charge in [0.2, 0.25) is 5.91 Å². The van der Waals surface area contributed by atoms with Crippen molar-refractivity contribution < 1.29 is 19.1 Å². The molecule has 5 rings (SSSR count). The Kier molecular flexibility index (Phi) is 5.92. The number of nitrogen functional groups attached to an aromatic ring is 1. The number of anilines is 1. The number of primary amides is 1. The van der Waals surface area contributed by atoms with E-state index in [0.717, 1.165) is 18.9 Å². The first kappa shape index (κ1) is 24.7. The first-order valence-corrected chi connectivity index (χ1v) is 12.3. The molecule has 1 saturated heterocycles. The maximum atomic E-state index is 14.9. The fourth-order valence-electron chi connectivity index (χ4n) is 4.86. The molecule has 3 aromatic rings. The van der Waals surface area contributed by atoms with Crippen LogP contribution in [0, 0.1) is 17.7 Å². The molecule has 0 unspecified atom stereocenters. The third kappa shape index (κ3) is 4.20. The number of nitrogens with two attached hydrogens (primary N) is 2. The summed E-state index contributed by atoms with van der Waals surface area (Å²) in [4.78, 5) is 30.5. The van der Waals surface area contributed by atoms with Gasteiger partial charge in [-0.15, -0.1) is 0 Å². The molecular formula is C25H25FN7O3Si. The van der Waals surface area contributed by atoms with Crippen LogP contribution in [0.4, 0.5) is 10.2 Å². The van der Waals surface area contributed by atoms with Crippen molar-refractivity contribution in [1.82, 2.24) is 24.2 Å². The molecule has 2 aromatic heterocycles. The summed E-state index contributed by atoms with van der Waals surface area (Å²) in [6, 6.07) is 2.74. The van der Waals surface area contributed by atoms with Crippen molar-refractivity contribution in [1.29, 1.82) is 0 Å². The molecule has 12 heteroatoms. The van der Waals surface area contributed by atoms with Crippen LogP contribution in [0.3, 0.4) is 0 Å². The van der Waals surface area contributed by atoms with Crippen LogP contribution in [0.25, 0.3) is 11.0 Å². The van der Waals surface area contributed by atoms with E-state index in [1.165, 1.54) is 15.6 Å². The molecule has 1 saturated carbocycles. The number of imidazole rings is 1. The Balaban J connectivity index is 1.54. The first-order valence-electron chi connectivity index (χ1n) is 11.8. The van der Waals surface area contributed by atoms with Crippen molar-refractivity contribution in [3.63, 3.8) is 0 Å². The zero-order valence-electron chi connectivity index (χ0n) is 20.1. The molecule has 5 N–H and O–H groups in total. The van der Waals surface area contributed by atoms with Gasteiger partial charge in [-0.3, -0.25) is 9.59 Å². The smallest absolute Gasteiger partial charge is 0.255 e. The zero-order chi connectivity index (χ0) is 26.6. The lowest BCUT2D eigenvalue weighted by atomic mass is 10.1. The summed E-state index contributed by atoms with van der Waals surface area (Å²) >= 11 is 0. The van der Waals surface area contributed by atoms with E-state index < -0.39 is 29.0 Å². The lowest BCUT2D eigenvalue weighted by molar-refractivity contribution is -0.128. The molecule has 2 amide bonds. The number of halogens is 1. The minimum absolute atomic E-state index is 0.0345. The second kappa shape index (κ2) is 8.86. The van der Waals surface area contributed by atoms with E-state index >= 15 is 0 Å². The number of fused-ring (bicyclic) bond motifs is 1. The number of aliphatic hydroxyl groups excluding tert-OH is 1. The zero-order valence-corrected chi connectivity index (χ0v) is 21.1. The maximum Gasteiger partial charge on any atom is 0.255 e. The van der Waals surface area contributed by atoms with Crippen molar-refractivity contribution >= 4 is 38.9 Å². The molecule has 1 aliphatic carbocycles. The van der Waals surface area contributed by atoms with Gasteiger partial charge in [-0.2, -0.15) is 5.10 Å². The predicted octanol–water partition coefficient (Wildman–Crippen LogP) is 0.777. The van der Waals surface area contributed by atoms with Gasteiger partial charge in [0.15, 0.2) is 5.69 Å². The Morgan fingerprint density at radius 3 is 2.73 bits per heavy atom. The number of hydrogen-bond donors (Lipinski definition) is 3. The molecule has 3 heterocycles. The van der Waals surface area contributed by atoms with Gasteiger partial charge in [-0.25, -0.2) is 14.1 Å². The minimum atomic E-state index is -1.06. The van der Waals surface area contributed by atoms with Crippen LogP contribution in [0.5, 0.6) is 0 Å². The monoisotopic (exact) mass is 518 g/mol. The number of carbonyl (C=O) groups excluding carboxylic acids is 2. The third-order valence-electron chi connectivity index (χ3n) is 6.89. The van der Waals surface area contributed by atoms with Crippen LogP contribution in [0.1, 0.15) is 53.8 Å². The normalized spacial score (nSPS) is 22.1. The number of aliphatic hydroxyl groups is 1. The number of hydrogen-bond acceptors (Lipinski definition) is 6. The first-order chi connectivity index (χ1) is 17.5. The fourth-order valence-corrected chi connectivity index (χ4v) is 5.41. The maximum absolute atomic E-state index is 14.9. The number of amides is 2. The molecule has 37 heavy (non-hydrogen) atoms. The topological polar surface area (TPSA) is 145 Å². The van der Waals surface area contributed by atoms with Crippen molar-refractivity contribution in [3.05, 3.63) is 53.8 Å². The molecule has 2 fully saturated rings. The van der Waals surface area contributed by atoms with E-state index in [9.17, 15) is 19.1 Å². The lowest BCUT2D eigenvalue weighted by Gasteiger charge is -2.26. The Morgan fingerprint density at radius 2 is 2.11 bits per heavy atom. The standard InChI is InChI=1S/C25H25FN7O3Si/c1-3-21(35)31-11-25(37,10-20(31)13(2)34)33-23(27)22(24(28)36)17(30-33)7-4-14-8-18-19(9-16(14)26)32(12-29-18)15-5-6-15/h3,8-9,12-13,15,20,34H,1,5-6,10-11,27H2,2H3,(H2,28,36)/t13-,20+,25+/m0/s1. The molecule has 10 nitrogen and oxygen atoms in total. The number of benzene rings is 1. The molecule has 2 aliphatic rings. The molecule has 3 radical (unpaired) electrons. The number of nitrogens with zero attached hydrogens (tertiary/aromatic N) is 5. The predicted molar refractivity (Wildman–Crippen MR) is 135 cm³/mol. The summed E-state index contributed by atoms with van der Waals surface area (Å²) in [6.07, 6.45) is 4.32. The van der Waals surface area contributed by atoms with Crippen LogP contribution in [-0.2, 0) is 9.96 Å². The molecule has 0 spiro atoms. The van der Waals surface area contributed by atoms with Gasteiger partial charge < -0.3 is 26.0 Å². The van der Waals surface area contributed by atoms with Crippen molar-refractivity contribution in [2.24, 2.45) is 5.73 Å². The summed E-state index contributed by atoms with van der Waals surface area (Å²) in [6.45, 7) is 5.17. The van der Waals surface area contributed by atoms with E-state index in [4.69, 9.17) is 11.5 Å². The quantitative estimate of drug-likeness (QED) is 0.259. The SMILES string of the molecule is C=CC(=O)N1C[C@@]([Si])(n2nc(C#Cc3cc4ncn(C5CC5)c4cc3F)c(C(N)=O)c2N)C[C@@H]1[C@H](C)O. The van der Waals surface area contributed by atoms with Gasteiger partial charge in [0.25, 0.3) is 5.91 Å². The molecule has 189 valence electrons. The van der Waals surface area contributed by atoms with Crippen LogP contribution in [0.2, 0.25) is 0 Å². The Labute approximate surface area is 215 Å². The number of likely N-dealkylation sites (tertiary alicyclic amines) is 1. The molecular weight excluding hydrogens is 493 g/mol. The van der Waals surface area contributed by atoms with Crippen molar-refractivity contribution in [3.8, 4) is 11.8 Å². The summed E-state index contributed by atoms with van der Waals surface area (Å²) in [7, 11) is 3.68. The van der Waals surface area contributed by atoms with E-state index in [1.807, 2.05) is 4.57 Å². The number of carbonyl (C=O) groups is 2. The van der Waals surface area contributed by atoms with Gasteiger partial charge in [0, 0.05) is 18.7 Å². The minimum Gasteiger partial charge on any atom is -0.391 e. The highest BCUT2D eigenvalue weighted by molar-refractivity contribution is 6.15. The number of aromatic nitrogens is 4. The van der Waals surface area contributed by atoms with E-state index in [-0.39, 0.29) is 41.5 Å². The van der Waals surface area contributed by atoms with Crippen LogP contribution in [-0.4, -0.2) is 70.1 Å². The third-order valence-corrected chi connectivity index (χ3v) is 7.46. The van der Waals surface area contributed by atoms with Crippen molar-refractivity contribution in [2.45, 2.75) is 49.5 Å². The van der Waals surface area contributed by atoms with Gasteiger partial charge in [-0.1, -0.05) is 12.5 Å². The molecule has 3 atom stereocenters. The van der Waals surface area contributed by atoms with Crippen LogP contribution in [0.15, 0.2) is 31.1 Å². The molecule has 0 bridgehead atoms. The average Bonchev–Trinajstić information content (AvgIpc) is 3.36. The average molecular weight is 519 g/mol. The highest BCUT2D eigenvalue weighted by Gasteiger charge is 2.47. The van der Waals surface area contributed by atoms with E-state index in [2.05, 4.69) is 38.7 Å². The Morgan fingerprint density at radius 1 is 1.38 bits per heavy atom. The van der Waals surface area contributed by atoms with Gasteiger partial charge in [0.05, 0.1) is 50.5 Å². The van der Waals surface area contributed by atoms with E-state index in [0.29, 0.717) is 17.1 Å². The highest BCUT2D eigenvalue weighted by atomic mass is 28.1. The Hall–Kier alpha value is -3.95. The van der Waals surface area contributed by atoms with Gasteiger partial charge in [0.1, 0.15) is 17.2 Å². The van der Waals surface area contributed by atoms with Crippen molar-refractivity contribution in [2.75, 3.05) is 12.3 Å². The number of rotatable bonds is 5. The van der Waals surface area contributed by atoms with E-state index in [1.54, 1.807) is 19.3 Å². The lowest BCUT2D eigenvalue weighted by Crippen LogP contribution is -2.42. The summed E-state index contributed by atoms with van der Waals surface area (Å²) in [5.74, 6) is 3.64. The largest absolute Gasteiger partial charge is 0.391 e. The molecule has 1 aliphatic heterocycles. The highest BCUT2D eigenvalue weighted by Crippen LogP contribution is 2.38. The summed E-state index contributed by atoms with van der Waals surface area (Å²) in [5, 5.41) is 13.6. The van der Waals surface area contributed by atoms with Gasteiger partial charge >= 0.3 is 0 Å². The fraction of sp³-hybridized carbons (Fsp3) is 0.360. The second-order valence-electron chi connectivity index (χ2n) is 9.55. The summed E-state index contributed by atoms with van der Waals surface area (Å²) in [5.41, 5.74) is 13.1. The molecule has 1 aromatic carbocycles. The second-order valence-corrected chi connectivity index (χ2v) is 10.5. The Bertz CT molecular complexity index is 1510. The van der Waals surface area contributed by atoms with Gasteiger partial charge in [-0.05, 0) is 44.2 Å². The van der Waals surface area contributed by atoms with Crippen LogP contribution < -0.4 is 11.5 Å².